The number of aryl methyl sites for hydroxylation is 1. The highest BCUT2D eigenvalue weighted by atomic mass is 79.9. The highest BCUT2D eigenvalue weighted by Gasteiger charge is 2.17. The summed E-state index contributed by atoms with van der Waals surface area (Å²) in [5, 5.41) is 5.68. The largest absolute Gasteiger partial charge is 0.468 e. The standard InChI is InChI=1S/C14H19BrN2O3/c1-4-11(14(19)20-3)16-8-13(18)17-12-7-10(15)6-5-9(12)2/h5-7,11,16H,4,8H2,1-3H3,(H,17,18)/t11-/m0/s1. The maximum Gasteiger partial charge on any atom is 0.322 e. The van der Waals surface area contributed by atoms with E-state index >= 15 is 0 Å². The number of benzene rings is 1. The van der Waals surface area contributed by atoms with Crippen molar-refractivity contribution in [2.45, 2.75) is 26.3 Å². The predicted octanol–water partition coefficient (Wildman–Crippen LogP) is 2.24. The Kier molecular flexibility index (Phi) is 6.67. The molecular weight excluding hydrogens is 324 g/mol. The number of amides is 1. The molecule has 0 aromatic heterocycles. The zero-order chi connectivity index (χ0) is 15.1. The molecule has 1 rings (SSSR count). The lowest BCUT2D eigenvalue weighted by Gasteiger charge is -2.14. The topological polar surface area (TPSA) is 67.4 Å². The minimum atomic E-state index is -0.464. The monoisotopic (exact) mass is 342 g/mol. The van der Waals surface area contributed by atoms with Gasteiger partial charge in [0.1, 0.15) is 6.04 Å². The van der Waals surface area contributed by atoms with Crippen molar-refractivity contribution in [3.8, 4) is 0 Å². The number of halogens is 1. The Balaban J connectivity index is 2.55. The molecule has 0 radical (unpaired) electrons. The zero-order valence-corrected chi connectivity index (χ0v) is 13.4. The molecule has 1 aromatic rings. The number of hydrogen-bond acceptors (Lipinski definition) is 4. The molecule has 0 aliphatic heterocycles. The van der Waals surface area contributed by atoms with Gasteiger partial charge in [0.05, 0.1) is 13.7 Å². The highest BCUT2D eigenvalue weighted by Crippen LogP contribution is 2.20. The quantitative estimate of drug-likeness (QED) is 0.778. The van der Waals surface area contributed by atoms with Crippen LogP contribution in [0.4, 0.5) is 5.69 Å². The number of ether oxygens (including phenoxy) is 1. The second-order valence-electron chi connectivity index (χ2n) is 4.37. The summed E-state index contributed by atoms with van der Waals surface area (Å²) in [6.45, 7) is 3.82. The smallest absolute Gasteiger partial charge is 0.322 e. The molecule has 110 valence electrons. The van der Waals surface area contributed by atoms with Gasteiger partial charge in [-0.2, -0.15) is 0 Å². The third-order valence-corrected chi connectivity index (χ3v) is 3.37. The summed E-state index contributed by atoms with van der Waals surface area (Å²) in [5.74, 6) is -0.563. The fourth-order valence-corrected chi connectivity index (χ4v) is 2.04. The molecule has 6 heteroatoms. The van der Waals surface area contributed by atoms with Crippen LogP contribution in [0.15, 0.2) is 22.7 Å². The maximum absolute atomic E-state index is 11.9. The summed E-state index contributed by atoms with van der Waals surface area (Å²) in [7, 11) is 1.33. The van der Waals surface area contributed by atoms with Crippen LogP contribution >= 0.6 is 15.9 Å². The molecule has 5 nitrogen and oxygen atoms in total. The molecule has 2 N–H and O–H groups in total. The normalized spacial score (nSPS) is 11.8. The van der Waals surface area contributed by atoms with Crippen molar-refractivity contribution < 1.29 is 14.3 Å². The number of carbonyl (C=O) groups is 2. The van der Waals surface area contributed by atoms with E-state index in [2.05, 4.69) is 31.3 Å². The van der Waals surface area contributed by atoms with Crippen molar-refractivity contribution in [3.05, 3.63) is 28.2 Å². The minimum absolute atomic E-state index is 0.0551. The fraction of sp³-hybridized carbons (Fsp3) is 0.429. The van der Waals surface area contributed by atoms with Crippen molar-refractivity contribution in [1.82, 2.24) is 5.32 Å². The average Bonchev–Trinajstić information content (AvgIpc) is 2.43. The Morgan fingerprint density at radius 2 is 2.10 bits per heavy atom. The summed E-state index contributed by atoms with van der Waals surface area (Å²) in [4.78, 5) is 23.3. The van der Waals surface area contributed by atoms with E-state index < -0.39 is 6.04 Å². The van der Waals surface area contributed by atoms with Gasteiger partial charge in [-0.15, -0.1) is 0 Å². The second kappa shape index (κ2) is 8.01. The van der Waals surface area contributed by atoms with Crippen molar-refractivity contribution >= 4 is 33.5 Å². The number of esters is 1. The number of rotatable bonds is 6. The first-order chi connectivity index (χ1) is 9.47. The van der Waals surface area contributed by atoms with Crippen LogP contribution < -0.4 is 10.6 Å². The molecule has 0 aliphatic rings. The van der Waals surface area contributed by atoms with Gasteiger partial charge in [-0.3, -0.25) is 14.9 Å². The first-order valence-corrected chi connectivity index (χ1v) is 7.14. The van der Waals surface area contributed by atoms with Gasteiger partial charge in [0.15, 0.2) is 0 Å². The lowest BCUT2D eigenvalue weighted by Crippen LogP contribution is -2.41. The van der Waals surface area contributed by atoms with Crippen LogP contribution in [-0.2, 0) is 14.3 Å². The number of anilines is 1. The molecule has 0 fully saturated rings. The third-order valence-electron chi connectivity index (χ3n) is 2.88. The van der Waals surface area contributed by atoms with Crippen molar-refractivity contribution in [3.63, 3.8) is 0 Å². The Labute approximate surface area is 127 Å². The van der Waals surface area contributed by atoms with E-state index in [1.54, 1.807) is 0 Å². The Hall–Kier alpha value is -1.40. The number of nitrogens with one attached hydrogen (secondary N) is 2. The van der Waals surface area contributed by atoms with Crippen LogP contribution in [0.1, 0.15) is 18.9 Å². The van der Waals surface area contributed by atoms with E-state index in [4.69, 9.17) is 0 Å². The Morgan fingerprint density at radius 3 is 2.70 bits per heavy atom. The summed E-state index contributed by atoms with van der Waals surface area (Å²) >= 11 is 3.36. The molecule has 0 spiro atoms. The average molecular weight is 343 g/mol. The lowest BCUT2D eigenvalue weighted by molar-refractivity contribution is -0.143. The summed E-state index contributed by atoms with van der Waals surface area (Å²) in [6, 6.07) is 5.20. The zero-order valence-electron chi connectivity index (χ0n) is 11.8. The van der Waals surface area contributed by atoms with E-state index in [-0.39, 0.29) is 18.4 Å². The van der Waals surface area contributed by atoms with Crippen LogP contribution in [0.3, 0.4) is 0 Å². The van der Waals surface area contributed by atoms with Gasteiger partial charge >= 0.3 is 5.97 Å². The van der Waals surface area contributed by atoms with Gasteiger partial charge < -0.3 is 10.1 Å². The molecule has 1 atom stereocenters. The van der Waals surface area contributed by atoms with Crippen molar-refractivity contribution in [2.24, 2.45) is 0 Å². The van der Waals surface area contributed by atoms with E-state index in [0.29, 0.717) is 6.42 Å². The fourth-order valence-electron chi connectivity index (χ4n) is 1.68. The molecule has 0 aliphatic carbocycles. The van der Waals surface area contributed by atoms with Crippen LogP contribution in [0.2, 0.25) is 0 Å². The Bertz CT molecular complexity index is 491. The summed E-state index contributed by atoms with van der Waals surface area (Å²) in [6.07, 6.45) is 0.565. The molecule has 0 saturated heterocycles. The molecule has 0 heterocycles. The first kappa shape index (κ1) is 16.7. The maximum atomic E-state index is 11.9. The van der Waals surface area contributed by atoms with Gasteiger partial charge in [-0.1, -0.05) is 28.9 Å². The van der Waals surface area contributed by atoms with Gasteiger partial charge in [0, 0.05) is 10.2 Å². The van der Waals surface area contributed by atoms with Gasteiger partial charge in [-0.05, 0) is 31.0 Å². The predicted molar refractivity (Wildman–Crippen MR) is 81.6 cm³/mol. The van der Waals surface area contributed by atoms with E-state index in [0.717, 1.165) is 15.7 Å². The van der Waals surface area contributed by atoms with Crippen LogP contribution in [0, 0.1) is 6.92 Å². The molecular formula is C14H19BrN2O3. The molecule has 0 saturated carbocycles. The van der Waals surface area contributed by atoms with Crippen LogP contribution in [-0.4, -0.2) is 31.6 Å². The molecule has 1 amide bonds. The summed E-state index contributed by atoms with van der Waals surface area (Å²) < 4.78 is 5.55. The second-order valence-corrected chi connectivity index (χ2v) is 5.29. The van der Waals surface area contributed by atoms with Gasteiger partial charge in [0.2, 0.25) is 5.91 Å². The van der Waals surface area contributed by atoms with Crippen LogP contribution in [0.5, 0.6) is 0 Å². The molecule has 0 unspecified atom stereocenters. The Morgan fingerprint density at radius 1 is 1.40 bits per heavy atom. The summed E-state index contributed by atoms with van der Waals surface area (Å²) in [5.41, 5.74) is 1.72. The van der Waals surface area contributed by atoms with Gasteiger partial charge in [-0.25, -0.2) is 0 Å². The van der Waals surface area contributed by atoms with E-state index in [1.165, 1.54) is 7.11 Å². The van der Waals surface area contributed by atoms with Crippen molar-refractivity contribution in [2.75, 3.05) is 19.0 Å². The van der Waals surface area contributed by atoms with E-state index in [9.17, 15) is 9.59 Å². The first-order valence-electron chi connectivity index (χ1n) is 6.35. The molecule has 1 aromatic carbocycles. The SMILES string of the molecule is CC[C@H](NCC(=O)Nc1cc(Br)ccc1C)C(=O)OC. The number of carbonyl (C=O) groups excluding carboxylic acids is 2. The van der Waals surface area contributed by atoms with Crippen molar-refractivity contribution in [1.29, 1.82) is 0 Å². The molecule has 0 bridgehead atoms. The minimum Gasteiger partial charge on any atom is -0.468 e. The third kappa shape index (κ3) is 4.94. The lowest BCUT2D eigenvalue weighted by atomic mass is 10.2. The van der Waals surface area contributed by atoms with Crippen LogP contribution in [0.25, 0.3) is 0 Å². The number of methoxy groups -OCH3 is 1. The molecule has 20 heavy (non-hydrogen) atoms. The highest BCUT2D eigenvalue weighted by molar-refractivity contribution is 9.10. The number of hydrogen-bond donors (Lipinski definition) is 2. The van der Waals surface area contributed by atoms with E-state index in [1.807, 2.05) is 32.0 Å². The van der Waals surface area contributed by atoms with Gasteiger partial charge in [0.25, 0.3) is 0 Å².